The van der Waals surface area contributed by atoms with E-state index < -0.39 is 17.7 Å². The molecule has 0 aliphatic carbocycles. The second-order valence-electron chi connectivity index (χ2n) is 4.44. The number of halogens is 5. The molecule has 0 bridgehead atoms. The Morgan fingerprint density at radius 2 is 1.76 bits per heavy atom. The largest absolute Gasteiger partial charge is 0.306 e. The highest BCUT2D eigenvalue weighted by Gasteiger charge is 2.22. The molecule has 112 valence electrons. The van der Waals surface area contributed by atoms with Crippen LogP contribution in [0.3, 0.4) is 0 Å². The van der Waals surface area contributed by atoms with Crippen LogP contribution in [0.25, 0.3) is 0 Å². The Labute approximate surface area is 144 Å². The fourth-order valence-corrected chi connectivity index (χ4v) is 2.95. The van der Waals surface area contributed by atoms with E-state index in [-0.39, 0.29) is 0 Å². The van der Waals surface area contributed by atoms with E-state index in [1.165, 1.54) is 18.2 Å². The zero-order valence-electron chi connectivity index (χ0n) is 11.1. The molecule has 6 heteroatoms. The topological polar surface area (TPSA) is 12.0 Å². The highest BCUT2D eigenvalue weighted by molar-refractivity contribution is 9.10. The minimum atomic E-state index is -0.613. The summed E-state index contributed by atoms with van der Waals surface area (Å²) in [5.74, 6) is -0.848. The molecule has 2 aromatic carbocycles. The fraction of sp³-hybridized carbons (Fsp3) is 0.200. The number of hydrogen-bond acceptors (Lipinski definition) is 1. The van der Waals surface area contributed by atoms with Gasteiger partial charge in [-0.05, 0) is 52.8 Å². The quantitative estimate of drug-likeness (QED) is 0.590. The summed E-state index contributed by atoms with van der Waals surface area (Å²) in [6.45, 7) is 2.44. The molecule has 0 saturated heterocycles. The van der Waals surface area contributed by atoms with Gasteiger partial charge in [-0.15, -0.1) is 0 Å². The molecule has 1 nitrogen and oxygen atoms in total. The van der Waals surface area contributed by atoms with Crippen molar-refractivity contribution in [3.8, 4) is 0 Å². The van der Waals surface area contributed by atoms with Gasteiger partial charge in [0.2, 0.25) is 0 Å². The molecular weight excluding hydrogens is 427 g/mol. The van der Waals surface area contributed by atoms with E-state index in [1.54, 1.807) is 12.1 Å². The molecule has 0 amide bonds. The van der Waals surface area contributed by atoms with Crippen molar-refractivity contribution in [2.75, 3.05) is 6.54 Å². The lowest BCUT2D eigenvalue weighted by Crippen LogP contribution is -2.24. The van der Waals surface area contributed by atoms with E-state index in [4.69, 9.17) is 11.6 Å². The van der Waals surface area contributed by atoms with Crippen LogP contribution in [0.1, 0.15) is 24.1 Å². The molecule has 1 atom stereocenters. The fourth-order valence-electron chi connectivity index (χ4n) is 2.09. The molecule has 0 spiro atoms. The standard InChI is InChI=1S/C15H12Br2ClF2N/c1-2-21-15(9-5-8(16)3-4-13(9)19)10-6-12(18)11(17)7-14(10)20/h3-7,15,21H,2H2,1H3. The Hall–Kier alpha value is -0.490. The van der Waals surface area contributed by atoms with Crippen LogP contribution in [0.5, 0.6) is 0 Å². The molecule has 0 aliphatic rings. The summed E-state index contributed by atoms with van der Waals surface area (Å²) in [7, 11) is 0. The Morgan fingerprint density at radius 3 is 2.43 bits per heavy atom. The number of rotatable bonds is 4. The molecular formula is C15H12Br2ClF2N. The van der Waals surface area contributed by atoms with Crippen LogP contribution in [0, 0.1) is 11.6 Å². The van der Waals surface area contributed by atoms with Gasteiger partial charge in [0.05, 0.1) is 11.1 Å². The van der Waals surface area contributed by atoms with E-state index in [2.05, 4.69) is 37.2 Å². The van der Waals surface area contributed by atoms with Crippen molar-refractivity contribution in [3.05, 3.63) is 67.1 Å². The Morgan fingerprint density at radius 1 is 1.10 bits per heavy atom. The molecule has 2 aromatic rings. The van der Waals surface area contributed by atoms with E-state index in [1.807, 2.05) is 6.92 Å². The SMILES string of the molecule is CCNC(c1cc(Br)ccc1F)c1cc(Cl)c(Br)cc1F. The van der Waals surface area contributed by atoms with Crippen LogP contribution < -0.4 is 5.32 Å². The monoisotopic (exact) mass is 437 g/mol. The van der Waals surface area contributed by atoms with E-state index in [0.717, 1.165) is 4.47 Å². The Balaban J connectivity index is 2.58. The summed E-state index contributed by atoms with van der Waals surface area (Å²) >= 11 is 12.5. The average Bonchev–Trinajstić information content (AvgIpc) is 2.43. The lowest BCUT2D eigenvalue weighted by Gasteiger charge is -2.21. The van der Waals surface area contributed by atoms with Crippen molar-refractivity contribution in [3.63, 3.8) is 0 Å². The van der Waals surface area contributed by atoms with Gasteiger partial charge in [-0.25, -0.2) is 8.78 Å². The van der Waals surface area contributed by atoms with Crippen LogP contribution >= 0.6 is 43.5 Å². The van der Waals surface area contributed by atoms with Gasteiger partial charge >= 0.3 is 0 Å². The van der Waals surface area contributed by atoms with Crippen LogP contribution in [-0.4, -0.2) is 6.54 Å². The minimum Gasteiger partial charge on any atom is -0.306 e. The summed E-state index contributed by atoms with van der Waals surface area (Å²) in [5.41, 5.74) is 0.672. The predicted octanol–water partition coefficient (Wildman–Crippen LogP) is 5.84. The average molecular weight is 440 g/mol. The maximum Gasteiger partial charge on any atom is 0.129 e. The Bertz CT molecular complexity index is 664. The third-order valence-corrected chi connectivity index (χ3v) is 4.72. The first kappa shape index (κ1) is 16.9. The van der Waals surface area contributed by atoms with Gasteiger partial charge < -0.3 is 5.32 Å². The smallest absolute Gasteiger partial charge is 0.129 e. The first-order chi connectivity index (χ1) is 9.93. The number of hydrogen-bond donors (Lipinski definition) is 1. The summed E-state index contributed by atoms with van der Waals surface area (Å²) in [4.78, 5) is 0. The van der Waals surface area contributed by atoms with E-state index in [9.17, 15) is 8.78 Å². The van der Waals surface area contributed by atoms with Crippen LogP contribution in [-0.2, 0) is 0 Å². The zero-order valence-corrected chi connectivity index (χ0v) is 15.0. The van der Waals surface area contributed by atoms with Crippen molar-refractivity contribution in [2.45, 2.75) is 13.0 Å². The van der Waals surface area contributed by atoms with E-state index in [0.29, 0.717) is 27.2 Å². The van der Waals surface area contributed by atoms with Gasteiger partial charge in [-0.2, -0.15) is 0 Å². The second kappa shape index (κ2) is 7.18. The third kappa shape index (κ3) is 3.83. The lowest BCUT2D eigenvalue weighted by molar-refractivity contribution is 0.530. The number of benzene rings is 2. The normalized spacial score (nSPS) is 12.5. The van der Waals surface area contributed by atoms with Gasteiger partial charge in [0.15, 0.2) is 0 Å². The maximum absolute atomic E-state index is 14.3. The predicted molar refractivity (Wildman–Crippen MR) is 88.7 cm³/mol. The minimum absolute atomic E-state index is 0.307. The molecule has 0 aromatic heterocycles. The summed E-state index contributed by atoms with van der Waals surface area (Å²) in [6, 6.07) is 6.78. The van der Waals surface area contributed by atoms with Crippen molar-refractivity contribution in [1.29, 1.82) is 0 Å². The molecule has 1 N–H and O–H groups in total. The van der Waals surface area contributed by atoms with Gasteiger partial charge in [-0.3, -0.25) is 0 Å². The van der Waals surface area contributed by atoms with Crippen LogP contribution in [0.2, 0.25) is 5.02 Å². The zero-order chi connectivity index (χ0) is 15.6. The third-order valence-electron chi connectivity index (χ3n) is 3.03. The molecule has 0 fully saturated rings. The summed E-state index contributed by atoms with van der Waals surface area (Å²) in [6.07, 6.45) is 0. The molecule has 0 saturated carbocycles. The van der Waals surface area contributed by atoms with Gasteiger partial charge in [0.25, 0.3) is 0 Å². The summed E-state index contributed by atoms with van der Waals surface area (Å²) < 4.78 is 29.6. The lowest BCUT2D eigenvalue weighted by atomic mass is 9.97. The van der Waals surface area contributed by atoms with Crippen LogP contribution in [0.15, 0.2) is 39.3 Å². The second-order valence-corrected chi connectivity index (χ2v) is 6.62. The van der Waals surface area contributed by atoms with Crippen molar-refractivity contribution in [1.82, 2.24) is 5.32 Å². The molecule has 2 rings (SSSR count). The Kier molecular flexibility index (Phi) is 5.77. The van der Waals surface area contributed by atoms with Gasteiger partial charge in [-0.1, -0.05) is 34.5 Å². The number of nitrogens with one attached hydrogen (secondary N) is 1. The first-order valence-electron chi connectivity index (χ1n) is 6.26. The molecule has 0 heterocycles. The van der Waals surface area contributed by atoms with Gasteiger partial charge in [0, 0.05) is 20.1 Å². The molecule has 0 aliphatic heterocycles. The van der Waals surface area contributed by atoms with E-state index >= 15 is 0 Å². The molecule has 21 heavy (non-hydrogen) atoms. The van der Waals surface area contributed by atoms with Crippen molar-refractivity contribution in [2.24, 2.45) is 0 Å². The molecule has 0 radical (unpaired) electrons. The highest BCUT2D eigenvalue weighted by Crippen LogP contribution is 2.33. The van der Waals surface area contributed by atoms with Gasteiger partial charge in [0.1, 0.15) is 11.6 Å². The first-order valence-corrected chi connectivity index (χ1v) is 8.23. The van der Waals surface area contributed by atoms with Crippen molar-refractivity contribution < 1.29 is 8.78 Å². The van der Waals surface area contributed by atoms with Crippen LogP contribution in [0.4, 0.5) is 8.78 Å². The highest BCUT2D eigenvalue weighted by atomic mass is 79.9. The van der Waals surface area contributed by atoms with Crippen molar-refractivity contribution >= 4 is 43.5 Å². The summed E-state index contributed by atoms with van der Waals surface area (Å²) in [5, 5.41) is 3.48. The molecule has 1 unspecified atom stereocenters. The maximum atomic E-state index is 14.3.